The summed E-state index contributed by atoms with van der Waals surface area (Å²) in [6.45, 7) is 5.85. The van der Waals surface area contributed by atoms with E-state index in [2.05, 4.69) is 5.32 Å². The van der Waals surface area contributed by atoms with Crippen molar-refractivity contribution in [3.05, 3.63) is 94.0 Å². The van der Waals surface area contributed by atoms with Gasteiger partial charge in [-0.3, -0.25) is 14.2 Å². The molecule has 0 fully saturated rings. The zero-order valence-corrected chi connectivity index (χ0v) is 15.5. The SMILES string of the molecule is CC(C)(C)Nc1c(C(=O)c2ccc(F)cc2)ccc(=O)n1-c1ccccc1. The topological polar surface area (TPSA) is 51.1 Å². The third kappa shape index (κ3) is 4.14. The van der Waals surface area contributed by atoms with E-state index >= 15 is 0 Å². The van der Waals surface area contributed by atoms with Gasteiger partial charge in [0.05, 0.1) is 11.3 Å². The summed E-state index contributed by atoms with van der Waals surface area (Å²) in [5, 5.41) is 3.29. The van der Waals surface area contributed by atoms with Gasteiger partial charge in [-0.2, -0.15) is 0 Å². The molecule has 0 amide bonds. The summed E-state index contributed by atoms with van der Waals surface area (Å²) < 4.78 is 14.7. The van der Waals surface area contributed by atoms with E-state index in [1.165, 1.54) is 41.0 Å². The van der Waals surface area contributed by atoms with Gasteiger partial charge in [0.25, 0.3) is 5.56 Å². The maximum atomic E-state index is 13.2. The first kappa shape index (κ1) is 18.6. The van der Waals surface area contributed by atoms with E-state index in [1.54, 1.807) is 12.1 Å². The second kappa shape index (κ2) is 7.19. The number of benzene rings is 2. The van der Waals surface area contributed by atoms with E-state index in [0.29, 0.717) is 22.6 Å². The summed E-state index contributed by atoms with van der Waals surface area (Å²) in [4.78, 5) is 25.7. The Morgan fingerprint density at radius 1 is 0.926 bits per heavy atom. The van der Waals surface area contributed by atoms with E-state index in [1.807, 2.05) is 39.0 Å². The van der Waals surface area contributed by atoms with Crippen molar-refractivity contribution in [2.24, 2.45) is 0 Å². The number of aromatic nitrogens is 1. The minimum Gasteiger partial charge on any atom is -0.366 e. The number of ketones is 1. The van der Waals surface area contributed by atoms with Crippen molar-refractivity contribution < 1.29 is 9.18 Å². The van der Waals surface area contributed by atoms with Crippen LogP contribution in [-0.2, 0) is 0 Å². The van der Waals surface area contributed by atoms with Crippen LogP contribution >= 0.6 is 0 Å². The molecule has 138 valence electrons. The minimum absolute atomic E-state index is 0.247. The molecule has 0 atom stereocenters. The Hall–Kier alpha value is -3.21. The highest BCUT2D eigenvalue weighted by atomic mass is 19.1. The molecule has 0 spiro atoms. The molecule has 0 aliphatic rings. The molecule has 5 heteroatoms. The first-order valence-electron chi connectivity index (χ1n) is 8.66. The Labute approximate surface area is 157 Å². The van der Waals surface area contributed by atoms with Gasteiger partial charge in [0.15, 0.2) is 5.78 Å². The average Bonchev–Trinajstić information content (AvgIpc) is 2.61. The molecule has 0 saturated heterocycles. The van der Waals surface area contributed by atoms with E-state index in [-0.39, 0.29) is 16.9 Å². The van der Waals surface area contributed by atoms with Gasteiger partial charge in [0.1, 0.15) is 11.6 Å². The van der Waals surface area contributed by atoms with Crippen molar-refractivity contribution >= 4 is 11.6 Å². The number of nitrogens with one attached hydrogen (secondary N) is 1. The predicted molar refractivity (Wildman–Crippen MR) is 105 cm³/mol. The average molecular weight is 364 g/mol. The lowest BCUT2D eigenvalue weighted by molar-refractivity contribution is 0.103. The van der Waals surface area contributed by atoms with Gasteiger partial charge in [-0.1, -0.05) is 18.2 Å². The third-order valence-corrected chi connectivity index (χ3v) is 3.95. The number of carbonyl (C=O) groups excluding carboxylic acids is 1. The number of nitrogens with zero attached hydrogens (tertiary/aromatic N) is 1. The summed E-state index contributed by atoms with van der Waals surface area (Å²) >= 11 is 0. The molecule has 3 rings (SSSR count). The predicted octanol–water partition coefficient (Wildman–Crippen LogP) is 4.42. The summed E-state index contributed by atoms with van der Waals surface area (Å²) in [5.41, 5.74) is 0.723. The van der Waals surface area contributed by atoms with Gasteiger partial charge in [0.2, 0.25) is 0 Å². The number of para-hydroxylation sites is 1. The highest BCUT2D eigenvalue weighted by molar-refractivity contribution is 6.12. The first-order chi connectivity index (χ1) is 12.8. The lowest BCUT2D eigenvalue weighted by Gasteiger charge is -2.26. The van der Waals surface area contributed by atoms with Crippen LogP contribution in [0, 0.1) is 5.82 Å². The van der Waals surface area contributed by atoms with E-state index < -0.39 is 5.82 Å². The molecule has 4 nitrogen and oxygen atoms in total. The molecule has 0 aliphatic heterocycles. The van der Waals surface area contributed by atoms with E-state index in [9.17, 15) is 14.0 Å². The molecular weight excluding hydrogens is 343 g/mol. The molecule has 1 heterocycles. The van der Waals surface area contributed by atoms with Crippen molar-refractivity contribution in [1.82, 2.24) is 4.57 Å². The number of pyridine rings is 1. The summed E-state index contributed by atoms with van der Waals surface area (Å²) in [6, 6.07) is 17.4. The zero-order valence-electron chi connectivity index (χ0n) is 15.5. The second-order valence-electron chi connectivity index (χ2n) is 7.32. The van der Waals surface area contributed by atoms with Crippen LogP contribution in [0.4, 0.5) is 10.2 Å². The molecule has 0 saturated carbocycles. The van der Waals surface area contributed by atoms with Gasteiger partial charge >= 0.3 is 0 Å². The molecule has 1 aromatic heterocycles. The van der Waals surface area contributed by atoms with Crippen LogP contribution in [0.5, 0.6) is 0 Å². The standard InChI is InChI=1S/C22H21FN2O2/c1-22(2,3)24-21-18(20(27)15-9-11-16(23)12-10-15)13-14-19(26)25(21)17-7-5-4-6-8-17/h4-14,24H,1-3H3. The van der Waals surface area contributed by atoms with Crippen LogP contribution < -0.4 is 10.9 Å². The Balaban J connectivity index is 2.23. The molecule has 3 aromatic rings. The minimum atomic E-state index is -0.408. The van der Waals surface area contributed by atoms with Gasteiger partial charge < -0.3 is 5.32 Å². The normalized spacial score (nSPS) is 11.3. The van der Waals surface area contributed by atoms with Crippen molar-refractivity contribution in [2.45, 2.75) is 26.3 Å². The van der Waals surface area contributed by atoms with E-state index in [0.717, 1.165) is 0 Å². The third-order valence-electron chi connectivity index (χ3n) is 3.95. The number of hydrogen-bond acceptors (Lipinski definition) is 3. The molecule has 27 heavy (non-hydrogen) atoms. The van der Waals surface area contributed by atoms with Crippen molar-refractivity contribution in [1.29, 1.82) is 0 Å². The summed E-state index contributed by atoms with van der Waals surface area (Å²) in [6.07, 6.45) is 0. The van der Waals surface area contributed by atoms with Crippen LogP contribution in [0.1, 0.15) is 36.7 Å². The molecule has 1 N–H and O–H groups in total. The Kier molecular flexibility index (Phi) is 4.95. The van der Waals surface area contributed by atoms with Crippen LogP contribution in [0.2, 0.25) is 0 Å². The number of hydrogen-bond donors (Lipinski definition) is 1. The van der Waals surface area contributed by atoms with Crippen molar-refractivity contribution in [3.8, 4) is 5.69 Å². The zero-order chi connectivity index (χ0) is 19.6. The number of halogens is 1. The number of rotatable bonds is 4. The Bertz CT molecular complexity index is 1020. The van der Waals surface area contributed by atoms with Crippen molar-refractivity contribution in [2.75, 3.05) is 5.32 Å². The first-order valence-corrected chi connectivity index (χ1v) is 8.66. The molecule has 0 aliphatic carbocycles. The molecule has 0 unspecified atom stereocenters. The number of carbonyl (C=O) groups is 1. The Morgan fingerprint density at radius 3 is 2.15 bits per heavy atom. The fourth-order valence-corrected chi connectivity index (χ4v) is 2.79. The fraction of sp³-hybridized carbons (Fsp3) is 0.182. The lowest BCUT2D eigenvalue weighted by Crippen LogP contribution is -2.33. The van der Waals surface area contributed by atoms with Crippen molar-refractivity contribution in [3.63, 3.8) is 0 Å². The van der Waals surface area contributed by atoms with Gasteiger partial charge in [-0.15, -0.1) is 0 Å². The summed E-state index contributed by atoms with van der Waals surface area (Å²) in [5.74, 6) is -0.282. The molecular formula is C22H21FN2O2. The highest BCUT2D eigenvalue weighted by Crippen LogP contribution is 2.24. The number of anilines is 1. The van der Waals surface area contributed by atoms with Gasteiger partial charge in [-0.05, 0) is 63.2 Å². The quantitative estimate of drug-likeness (QED) is 0.697. The Morgan fingerprint density at radius 2 is 1.56 bits per heavy atom. The maximum Gasteiger partial charge on any atom is 0.256 e. The highest BCUT2D eigenvalue weighted by Gasteiger charge is 2.22. The summed E-state index contributed by atoms with van der Waals surface area (Å²) in [7, 11) is 0. The van der Waals surface area contributed by atoms with Crippen LogP contribution in [0.15, 0.2) is 71.5 Å². The molecule has 0 bridgehead atoms. The maximum absolute atomic E-state index is 13.2. The van der Waals surface area contributed by atoms with Crippen LogP contribution in [0.25, 0.3) is 5.69 Å². The molecule has 0 radical (unpaired) electrons. The largest absolute Gasteiger partial charge is 0.366 e. The second-order valence-corrected chi connectivity index (χ2v) is 7.32. The molecule has 2 aromatic carbocycles. The van der Waals surface area contributed by atoms with Crippen LogP contribution in [-0.4, -0.2) is 15.9 Å². The monoisotopic (exact) mass is 364 g/mol. The van der Waals surface area contributed by atoms with Gasteiger partial charge in [0, 0.05) is 17.2 Å². The smallest absolute Gasteiger partial charge is 0.256 e. The fourth-order valence-electron chi connectivity index (χ4n) is 2.79. The van der Waals surface area contributed by atoms with E-state index in [4.69, 9.17) is 0 Å². The lowest BCUT2D eigenvalue weighted by atomic mass is 10.0. The van der Waals surface area contributed by atoms with Gasteiger partial charge in [-0.25, -0.2) is 4.39 Å². The van der Waals surface area contributed by atoms with Crippen LogP contribution in [0.3, 0.4) is 0 Å².